The van der Waals surface area contributed by atoms with Crippen molar-refractivity contribution in [1.82, 2.24) is 25.1 Å². The molecule has 2 aromatic heterocycles. The van der Waals surface area contributed by atoms with E-state index in [0.29, 0.717) is 0 Å². The smallest absolute Gasteiger partial charge is 0.259 e. The van der Waals surface area contributed by atoms with Gasteiger partial charge in [0.25, 0.3) is 5.56 Å². The Morgan fingerprint density at radius 2 is 1.81 bits per heavy atom. The van der Waals surface area contributed by atoms with Crippen LogP contribution in [0, 0.1) is 19.8 Å². The largest absolute Gasteiger partial charge is 0.317 e. The molecule has 6 nitrogen and oxygen atoms in total. The van der Waals surface area contributed by atoms with Crippen molar-refractivity contribution in [2.24, 2.45) is 5.92 Å². The van der Waals surface area contributed by atoms with Gasteiger partial charge in [0.15, 0.2) is 0 Å². The van der Waals surface area contributed by atoms with Gasteiger partial charge < -0.3 is 15.2 Å². The van der Waals surface area contributed by atoms with Crippen molar-refractivity contribution in [1.29, 1.82) is 0 Å². The summed E-state index contributed by atoms with van der Waals surface area (Å²) < 4.78 is 0. The number of aromatic nitrogens is 2. The molecule has 2 N–H and O–H groups in total. The molecule has 2 fully saturated rings. The maximum absolute atomic E-state index is 12.4. The summed E-state index contributed by atoms with van der Waals surface area (Å²) in [6, 6.07) is 0. The molecular formula is C19H29N5OS. The number of aryl methyl sites for hydroxylation is 2. The number of hydrogen-bond donors (Lipinski definition) is 2. The summed E-state index contributed by atoms with van der Waals surface area (Å²) in [5, 5.41) is 4.21. The van der Waals surface area contributed by atoms with Crippen LogP contribution in [0.5, 0.6) is 0 Å². The first-order valence-corrected chi connectivity index (χ1v) is 10.6. The summed E-state index contributed by atoms with van der Waals surface area (Å²) in [7, 11) is 0. The zero-order chi connectivity index (χ0) is 18.1. The van der Waals surface area contributed by atoms with Gasteiger partial charge in [-0.25, -0.2) is 4.98 Å². The number of nitrogens with zero attached hydrogens (tertiary/aromatic N) is 3. The minimum atomic E-state index is 0.0105. The van der Waals surface area contributed by atoms with Gasteiger partial charge in [-0.05, 0) is 51.3 Å². The number of hydrogen-bond acceptors (Lipinski definition) is 6. The van der Waals surface area contributed by atoms with E-state index >= 15 is 0 Å². The highest BCUT2D eigenvalue weighted by molar-refractivity contribution is 7.18. The molecule has 4 rings (SSSR count). The molecule has 0 aliphatic carbocycles. The van der Waals surface area contributed by atoms with E-state index in [1.165, 1.54) is 37.4 Å². The molecule has 2 aromatic rings. The van der Waals surface area contributed by atoms with Crippen LogP contribution in [0.2, 0.25) is 0 Å². The third kappa shape index (κ3) is 3.86. The van der Waals surface area contributed by atoms with Crippen LogP contribution in [0.1, 0.15) is 29.1 Å². The molecule has 142 valence electrons. The molecule has 26 heavy (non-hydrogen) atoms. The maximum Gasteiger partial charge on any atom is 0.259 e. The fraction of sp³-hybridized carbons (Fsp3) is 0.684. The average Bonchev–Trinajstić information content (AvgIpc) is 2.92. The van der Waals surface area contributed by atoms with E-state index in [1.807, 2.05) is 6.92 Å². The Kier molecular flexibility index (Phi) is 5.40. The van der Waals surface area contributed by atoms with Crippen LogP contribution < -0.4 is 10.9 Å². The SMILES string of the molecule is Cc1sc2nc(CN3CCN(CC4CCNCC4)CC3)[nH]c(=O)c2c1C. The highest BCUT2D eigenvalue weighted by atomic mass is 32.1. The average molecular weight is 376 g/mol. The van der Waals surface area contributed by atoms with Gasteiger partial charge in [0.1, 0.15) is 10.7 Å². The molecule has 7 heteroatoms. The standard InChI is InChI=1S/C19H29N5OS/c1-13-14(2)26-19-17(13)18(25)21-16(22-19)12-24-9-7-23(8-10-24)11-15-3-5-20-6-4-15/h15,20H,3-12H2,1-2H3,(H,21,22,25). The number of piperazine rings is 1. The second kappa shape index (κ2) is 7.76. The van der Waals surface area contributed by atoms with Gasteiger partial charge in [0, 0.05) is 37.6 Å². The lowest BCUT2D eigenvalue weighted by atomic mass is 9.97. The van der Waals surface area contributed by atoms with Crippen molar-refractivity contribution < 1.29 is 0 Å². The van der Waals surface area contributed by atoms with E-state index in [0.717, 1.165) is 60.2 Å². The summed E-state index contributed by atoms with van der Waals surface area (Å²) in [4.78, 5) is 27.2. The first-order chi connectivity index (χ1) is 12.6. The lowest BCUT2D eigenvalue weighted by Crippen LogP contribution is -2.48. The number of rotatable bonds is 4. The Morgan fingerprint density at radius 1 is 1.12 bits per heavy atom. The van der Waals surface area contributed by atoms with Gasteiger partial charge in [-0.15, -0.1) is 11.3 Å². The van der Waals surface area contributed by atoms with E-state index in [2.05, 4.69) is 27.0 Å². The quantitative estimate of drug-likeness (QED) is 0.852. The molecule has 0 atom stereocenters. The maximum atomic E-state index is 12.4. The fourth-order valence-electron chi connectivity index (χ4n) is 4.15. The fourth-order valence-corrected chi connectivity index (χ4v) is 5.19. The van der Waals surface area contributed by atoms with Gasteiger partial charge in [-0.2, -0.15) is 0 Å². The van der Waals surface area contributed by atoms with Crippen LogP contribution in [0.15, 0.2) is 4.79 Å². The van der Waals surface area contributed by atoms with Crippen LogP contribution in [-0.2, 0) is 6.54 Å². The molecule has 2 saturated heterocycles. The van der Waals surface area contributed by atoms with Crippen molar-refractivity contribution >= 4 is 21.6 Å². The van der Waals surface area contributed by atoms with E-state index in [4.69, 9.17) is 4.98 Å². The Labute approximate surface area is 158 Å². The van der Waals surface area contributed by atoms with Crippen molar-refractivity contribution in [2.75, 3.05) is 45.8 Å². The predicted octanol–water partition coefficient (Wildman–Crippen LogP) is 1.72. The minimum absolute atomic E-state index is 0.0105. The lowest BCUT2D eigenvalue weighted by Gasteiger charge is -2.37. The first kappa shape index (κ1) is 18.1. The molecule has 0 bridgehead atoms. The topological polar surface area (TPSA) is 64.3 Å². The second-order valence-electron chi connectivity index (χ2n) is 7.75. The number of nitrogens with one attached hydrogen (secondary N) is 2. The molecule has 0 spiro atoms. The van der Waals surface area contributed by atoms with Gasteiger partial charge >= 0.3 is 0 Å². The molecular weight excluding hydrogens is 346 g/mol. The summed E-state index contributed by atoms with van der Waals surface area (Å²) in [6.45, 7) is 12.7. The van der Waals surface area contributed by atoms with Crippen LogP contribution in [0.3, 0.4) is 0 Å². The van der Waals surface area contributed by atoms with Gasteiger partial charge in [-0.3, -0.25) is 9.69 Å². The van der Waals surface area contributed by atoms with Crippen molar-refractivity contribution in [3.8, 4) is 0 Å². The lowest BCUT2D eigenvalue weighted by molar-refractivity contribution is 0.105. The Bertz CT molecular complexity index is 815. The van der Waals surface area contributed by atoms with Gasteiger partial charge in [0.2, 0.25) is 0 Å². The summed E-state index contributed by atoms with van der Waals surface area (Å²) in [6.07, 6.45) is 2.62. The normalized spacial score (nSPS) is 20.8. The highest BCUT2D eigenvalue weighted by Crippen LogP contribution is 2.25. The molecule has 2 aliphatic heterocycles. The van der Waals surface area contributed by atoms with E-state index in [9.17, 15) is 4.79 Å². The van der Waals surface area contributed by atoms with E-state index in [1.54, 1.807) is 11.3 Å². The van der Waals surface area contributed by atoms with E-state index < -0.39 is 0 Å². The zero-order valence-corrected chi connectivity index (χ0v) is 16.6. The summed E-state index contributed by atoms with van der Waals surface area (Å²) in [5.41, 5.74) is 1.08. The van der Waals surface area contributed by atoms with Crippen molar-refractivity contribution in [2.45, 2.75) is 33.2 Å². The van der Waals surface area contributed by atoms with Crippen LogP contribution in [0.25, 0.3) is 10.2 Å². The van der Waals surface area contributed by atoms with Crippen LogP contribution in [0.4, 0.5) is 0 Å². The molecule has 0 amide bonds. The third-order valence-electron chi connectivity index (χ3n) is 5.90. The molecule has 0 saturated carbocycles. The Balaban J connectivity index is 1.35. The van der Waals surface area contributed by atoms with E-state index in [-0.39, 0.29) is 5.56 Å². The molecule has 4 heterocycles. The van der Waals surface area contributed by atoms with Crippen molar-refractivity contribution in [3.63, 3.8) is 0 Å². The predicted molar refractivity (Wildman–Crippen MR) is 107 cm³/mol. The first-order valence-electron chi connectivity index (χ1n) is 9.74. The number of fused-ring (bicyclic) bond motifs is 1. The summed E-state index contributed by atoms with van der Waals surface area (Å²) >= 11 is 1.63. The number of piperidine rings is 1. The van der Waals surface area contributed by atoms with Crippen molar-refractivity contribution in [3.05, 3.63) is 26.6 Å². The number of thiophene rings is 1. The van der Waals surface area contributed by atoms with Gasteiger partial charge in [-0.1, -0.05) is 0 Å². The molecule has 0 aromatic carbocycles. The third-order valence-corrected chi connectivity index (χ3v) is 7.00. The Hall–Kier alpha value is -1.28. The molecule has 0 radical (unpaired) electrons. The number of aromatic amines is 1. The second-order valence-corrected chi connectivity index (χ2v) is 8.95. The van der Waals surface area contributed by atoms with Gasteiger partial charge in [0.05, 0.1) is 11.9 Å². The molecule has 0 unspecified atom stereocenters. The highest BCUT2D eigenvalue weighted by Gasteiger charge is 2.22. The van der Waals surface area contributed by atoms with Crippen LogP contribution in [-0.4, -0.2) is 65.6 Å². The minimum Gasteiger partial charge on any atom is -0.317 e. The summed E-state index contributed by atoms with van der Waals surface area (Å²) in [5.74, 6) is 1.66. The zero-order valence-electron chi connectivity index (χ0n) is 15.8. The molecule has 2 aliphatic rings. The Morgan fingerprint density at radius 3 is 2.54 bits per heavy atom. The van der Waals surface area contributed by atoms with Crippen LogP contribution >= 0.6 is 11.3 Å². The monoisotopic (exact) mass is 375 g/mol. The number of H-pyrrole nitrogens is 1.